The van der Waals surface area contributed by atoms with E-state index in [1.807, 2.05) is 20.8 Å². The molecular formula is C25H31Cl2N3O5. The lowest BCUT2D eigenvalue weighted by Crippen LogP contribution is -2.58. The number of likely N-dealkylation sites (tertiary alicyclic amines) is 1. The number of carboxylic acid groups (broad SMARTS) is 1. The summed E-state index contributed by atoms with van der Waals surface area (Å²) in [7, 11) is 1.53. The molecule has 0 spiro atoms. The van der Waals surface area contributed by atoms with Gasteiger partial charge in [0.15, 0.2) is 6.79 Å². The van der Waals surface area contributed by atoms with Crippen LogP contribution >= 0.6 is 23.2 Å². The monoisotopic (exact) mass is 523 g/mol. The molecule has 1 aliphatic heterocycles. The molecule has 35 heavy (non-hydrogen) atoms. The third-order valence-electron chi connectivity index (χ3n) is 6.41. The van der Waals surface area contributed by atoms with Gasteiger partial charge < -0.3 is 24.8 Å². The summed E-state index contributed by atoms with van der Waals surface area (Å²) >= 11 is 12.2. The summed E-state index contributed by atoms with van der Waals surface area (Å²) in [6, 6.07) is 7.95. The SMILES string of the molecule is COCOc1cccnc1C1(CNC(=O)c2ccc(Cl)cc2Cl)CCN(C(=O)O)C(C(C)(C)C)C1. The first-order valence-electron chi connectivity index (χ1n) is 11.3. The van der Waals surface area contributed by atoms with Crippen LogP contribution in [0.15, 0.2) is 36.5 Å². The minimum absolute atomic E-state index is 0.0332. The van der Waals surface area contributed by atoms with E-state index in [1.54, 1.807) is 30.5 Å². The Labute approximate surface area is 215 Å². The Kier molecular flexibility index (Phi) is 8.51. The molecule has 0 bridgehead atoms. The molecule has 1 saturated heterocycles. The third-order valence-corrected chi connectivity index (χ3v) is 6.95. The number of aromatic nitrogens is 1. The minimum Gasteiger partial charge on any atom is -0.466 e. The normalized spacial score (nSPS) is 20.4. The number of hydrogen-bond acceptors (Lipinski definition) is 5. The van der Waals surface area contributed by atoms with Crippen LogP contribution in [0, 0.1) is 5.41 Å². The number of pyridine rings is 1. The third kappa shape index (κ3) is 6.18. The van der Waals surface area contributed by atoms with Crippen LogP contribution in [0.4, 0.5) is 4.79 Å². The molecule has 0 saturated carbocycles. The molecule has 190 valence electrons. The van der Waals surface area contributed by atoms with E-state index >= 15 is 0 Å². The van der Waals surface area contributed by atoms with Crippen LogP contribution in [0.2, 0.25) is 10.0 Å². The van der Waals surface area contributed by atoms with Gasteiger partial charge in [-0.15, -0.1) is 0 Å². The number of hydrogen-bond donors (Lipinski definition) is 2. The highest BCUT2D eigenvalue weighted by Crippen LogP contribution is 2.45. The Morgan fingerprint density at radius 1 is 1.29 bits per heavy atom. The van der Waals surface area contributed by atoms with Gasteiger partial charge in [0.2, 0.25) is 0 Å². The van der Waals surface area contributed by atoms with E-state index in [4.69, 9.17) is 32.7 Å². The first-order chi connectivity index (χ1) is 16.5. The number of piperidine rings is 1. The summed E-state index contributed by atoms with van der Waals surface area (Å²) in [5.41, 5.74) is -0.0872. The molecule has 1 aromatic heterocycles. The average Bonchev–Trinajstić information content (AvgIpc) is 2.80. The van der Waals surface area contributed by atoms with E-state index in [2.05, 4.69) is 10.3 Å². The number of benzene rings is 1. The number of amides is 2. The van der Waals surface area contributed by atoms with Crippen LogP contribution in [0.5, 0.6) is 5.75 Å². The van der Waals surface area contributed by atoms with Crippen molar-refractivity contribution in [3.05, 3.63) is 57.8 Å². The molecule has 2 amide bonds. The summed E-state index contributed by atoms with van der Waals surface area (Å²) in [5.74, 6) is 0.180. The maximum atomic E-state index is 13.1. The number of halogens is 2. The second-order valence-corrected chi connectivity index (χ2v) is 10.6. The molecule has 1 aromatic carbocycles. The van der Waals surface area contributed by atoms with Crippen LogP contribution in [0.1, 0.15) is 49.7 Å². The van der Waals surface area contributed by atoms with Crippen molar-refractivity contribution in [2.24, 2.45) is 5.41 Å². The first kappa shape index (κ1) is 27.0. The van der Waals surface area contributed by atoms with Gasteiger partial charge in [0.25, 0.3) is 5.91 Å². The van der Waals surface area contributed by atoms with Crippen LogP contribution in [0.25, 0.3) is 0 Å². The van der Waals surface area contributed by atoms with Crippen LogP contribution in [-0.4, -0.2) is 60.0 Å². The largest absolute Gasteiger partial charge is 0.466 e. The van der Waals surface area contributed by atoms with E-state index in [0.29, 0.717) is 34.9 Å². The van der Waals surface area contributed by atoms with Crippen molar-refractivity contribution < 1.29 is 24.2 Å². The smallest absolute Gasteiger partial charge is 0.407 e. The van der Waals surface area contributed by atoms with Crippen molar-refractivity contribution >= 4 is 35.2 Å². The zero-order valence-corrected chi connectivity index (χ0v) is 21.8. The zero-order valence-electron chi connectivity index (χ0n) is 20.3. The minimum atomic E-state index is -0.965. The molecule has 8 nitrogen and oxygen atoms in total. The second kappa shape index (κ2) is 11.0. The summed E-state index contributed by atoms with van der Waals surface area (Å²) < 4.78 is 10.9. The highest BCUT2D eigenvalue weighted by molar-refractivity contribution is 6.36. The molecule has 3 rings (SSSR count). The first-order valence-corrected chi connectivity index (χ1v) is 12.0. The van der Waals surface area contributed by atoms with E-state index in [-0.39, 0.29) is 42.3 Å². The molecule has 2 atom stereocenters. The predicted octanol–water partition coefficient (Wildman–Crippen LogP) is 5.23. The lowest BCUT2D eigenvalue weighted by atomic mass is 9.67. The number of methoxy groups -OCH3 is 1. The molecule has 2 aromatic rings. The summed E-state index contributed by atoms with van der Waals surface area (Å²) in [5, 5.41) is 13.6. The lowest BCUT2D eigenvalue weighted by Gasteiger charge is -2.50. The quantitative estimate of drug-likeness (QED) is 0.482. The number of carbonyl (C=O) groups excluding carboxylic acids is 1. The maximum Gasteiger partial charge on any atom is 0.407 e. The topological polar surface area (TPSA) is 101 Å². The van der Waals surface area contributed by atoms with Gasteiger partial charge in [0.1, 0.15) is 5.75 Å². The molecule has 0 aliphatic carbocycles. The molecule has 2 N–H and O–H groups in total. The highest BCUT2D eigenvalue weighted by Gasteiger charge is 2.48. The van der Waals surface area contributed by atoms with Crippen LogP contribution in [0.3, 0.4) is 0 Å². The van der Waals surface area contributed by atoms with Gasteiger partial charge in [-0.25, -0.2) is 4.79 Å². The van der Waals surface area contributed by atoms with E-state index < -0.39 is 11.5 Å². The number of nitrogens with zero attached hydrogens (tertiary/aromatic N) is 2. The molecule has 2 unspecified atom stereocenters. The Bertz CT molecular complexity index is 1080. The zero-order chi connectivity index (χ0) is 25.8. The van der Waals surface area contributed by atoms with Crippen molar-refractivity contribution in [2.75, 3.05) is 27.0 Å². The summed E-state index contributed by atoms with van der Waals surface area (Å²) in [6.07, 6.45) is 1.59. The highest BCUT2D eigenvalue weighted by atomic mass is 35.5. The lowest BCUT2D eigenvalue weighted by molar-refractivity contribution is 0.0238. The molecule has 0 radical (unpaired) electrons. The molecule has 2 heterocycles. The number of carbonyl (C=O) groups is 2. The number of nitrogens with one attached hydrogen (secondary N) is 1. The Hall–Kier alpha value is -2.55. The van der Waals surface area contributed by atoms with Gasteiger partial charge >= 0.3 is 6.09 Å². The number of rotatable bonds is 7. The summed E-state index contributed by atoms with van der Waals surface area (Å²) in [6.45, 7) is 6.56. The van der Waals surface area contributed by atoms with Crippen molar-refractivity contribution in [1.82, 2.24) is 15.2 Å². The molecule has 1 fully saturated rings. The van der Waals surface area contributed by atoms with Gasteiger partial charge in [0.05, 0.1) is 16.3 Å². The van der Waals surface area contributed by atoms with Crippen molar-refractivity contribution in [3.8, 4) is 5.75 Å². The van der Waals surface area contributed by atoms with E-state index in [9.17, 15) is 14.7 Å². The number of ether oxygens (including phenoxy) is 2. The predicted molar refractivity (Wildman–Crippen MR) is 134 cm³/mol. The van der Waals surface area contributed by atoms with Crippen LogP contribution in [-0.2, 0) is 10.2 Å². The fraction of sp³-hybridized carbons (Fsp3) is 0.480. The average molecular weight is 524 g/mol. The fourth-order valence-electron chi connectivity index (χ4n) is 4.58. The van der Waals surface area contributed by atoms with E-state index in [0.717, 1.165) is 0 Å². The van der Waals surface area contributed by atoms with Crippen LogP contribution < -0.4 is 10.1 Å². The second-order valence-electron chi connectivity index (χ2n) is 9.80. The Balaban J connectivity index is 2.01. The molecule has 1 aliphatic rings. The Morgan fingerprint density at radius 2 is 2.03 bits per heavy atom. The van der Waals surface area contributed by atoms with Crippen molar-refractivity contribution in [3.63, 3.8) is 0 Å². The van der Waals surface area contributed by atoms with Gasteiger partial charge in [-0.1, -0.05) is 44.0 Å². The standard InChI is InChI=1S/C25H31Cl2N3O5/c1-24(2,3)20-13-25(9-11-30(20)23(32)33,21-19(35-15-34-4)6-5-10-28-21)14-29-22(31)17-8-7-16(26)12-18(17)27/h5-8,10,12,20H,9,11,13-15H2,1-4H3,(H,29,31)(H,32,33). The van der Waals surface area contributed by atoms with Gasteiger partial charge in [-0.3, -0.25) is 9.78 Å². The van der Waals surface area contributed by atoms with Gasteiger partial charge in [0, 0.05) is 42.9 Å². The van der Waals surface area contributed by atoms with Crippen molar-refractivity contribution in [2.45, 2.75) is 45.1 Å². The molecular weight excluding hydrogens is 493 g/mol. The Morgan fingerprint density at radius 3 is 2.66 bits per heavy atom. The van der Waals surface area contributed by atoms with Crippen molar-refractivity contribution in [1.29, 1.82) is 0 Å². The van der Waals surface area contributed by atoms with Gasteiger partial charge in [-0.2, -0.15) is 0 Å². The fourth-order valence-corrected chi connectivity index (χ4v) is 5.08. The van der Waals surface area contributed by atoms with Gasteiger partial charge in [-0.05, 0) is 48.6 Å². The molecule has 10 heteroatoms. The van der Waals surface area contributed by atoms with E-state index in [1.165, 1.54) is 18.1 Å². The summed E-state index contributed by atoms with van der Waals surface area (Å²) in [4.78, 5) is 31.3. The maximum absolute atomic E-state index is 13.1.